The Labute approximate surface area is 121 Å². The van der Waals surface area contributed by atoms with Crippen molar-refractivity contribution in [2.24, 2.45) is 0 Å². The Balaban J connectivity index is 2.89. The van der Waals surface area contributed by atoms with E-state index in [4.69, 9.17) is 4.74 Å². The van der Waals surface area contributed by atoms with Gasteiger partial charge in [0.15, 0.2) is 0 Å². The van der Waals surface area contributed by atoms with E-state index in [2.05, 4.69) is 39.4 Å². The molecule has 7 heteroatoms. The summed E-state index contributed by atoms with van der Waals surface area (Å²) in [6.45, 7) is 5.66. The molecule has 1 aromatic rings. The van der Waals surface area contributed by atoms with Gasteiger partial charge in [0.05, 0.1) is 12.6 Å². The molecule has 1 rings (SSSR count). The van der Waals surface area contributed by atoms with E-state index in [9.17, 15) is 0 Å². The summed E-state index contributed by atoms with van der Waals surface area (Å²) in [6.07, 6.45) is 1.96. The van der Waals surface area contributed by atoms with Gasteiger partial charge in [-0.05, 0) is 12.8 Å². The van der Waals surface area contributed by atoms with Crippen LogP contribution in [0.4, 0.5) is 17.8 Å². The van der Waals surface area contributed by atoms with E-state index >= 15 is 0 Å². The third-order valence-corrected chi connectivity index (χ3v) is 2.75. The average Bonchev–Trinajstić information content (AvgIpc) is 2.44. The zero-order chi connectivity index (χ0) is 15.0. The van der Waals surface area contributed by atoms with Gasteiger partial charge in [0.25, 0.3) is 0 Å². The highest BCUT2D eigenvalue weighted by Gasteiger charge is 2.11. The van der Waals surface area contributed by atoms with Gasteiger partial charge in [-0.2, -0.15) is 15.0 Å². The van der Waals surface area contributed by atoms with Gasteiger partial charge in [-0.25, -0.2) is 0 Å². The topological polar surface area (TPSA) is 75.2 Å². The van der Waals surface area contributed by atoms with Crippen LogP contribution in [0, 0.1) is 0 Å². The van der Waals surface area contributed by atoms with E-state index in [0.29, 0.717) is 24.5 Å². The van der Waals surface area contributed by atoms with Gasteiger partial charge < -0.3 is 20.3 Å². The number of anilines is 3. The highest BCUT2D eigenvalue weighted by atomic mass is 16.5. The maximum atomic E-state index is 5.18. The van der Waals surface area contributed by atoms with Crippen molar-refractivity contribution >= 4 is 17.8 Å². The first-order valence-electron chi connectivity index (χ1n) is 7.03. The summed E-state index contributed by atoms with van der Waals surface area (Å²) in [7, 11) is 5.52. The summed E-state index contributed by atoms with van der Waals surface area (Å²) in [5.41, 5.74) is 0. The fourth-order valence-corrected chi connectivity index (χ4v) is 1.59. The molecule has 0 aromatic carbocycles. The van der Waals surface area contributed by atoms with Crippen molar-refractivity contribution in [2.75, 3.05) is 49.9 Å². The minimum atomic E-state index is 0.191. The van der Waals surface area contributed by atoms with Gasteiger partial charge in [0.2, 0.25) is 17.8 Å². The average molecular weight is 282 g/mol. The van der Waals surface area contributed by atoms with Crippen LogP contribution in [0.3, 0.4) is 0 Å². The standard InChI is InChI=1S/C13H26N6O/c1-6-8-14-11-16-12(15-10(7-2)9-20-5)18-13(17-11)19(3)4/h10H,6-9H2,1-5H3,(H2,14,15,16,17,18). The van der Waals surface area contributed by atoms with Crippen LogP contribution >= 0.6 is 0 Å². The maximum absolute atomic E-state index is 5.18. The molecule has 0 aliphatic heterocycles. The fourth-order valence-electron chi connectivity index (χ4n) is 1.59. The second-order valence-corrected chi connectivity index (χ2v) is 4.81. The lowest BCUT2D eigenvalue weighted by Gasteiger charge is -2.18. The van der Waals surface area contributed by atoms with Crippen molar-refractivity contribution in [3.8, 4) is 0 Å². The van der Waals surface area contributed by atoms with Gasteiger partial charge in [0, 0.05) is 27.7 Å². The lowest BCUT2D eigenvalue weighted by molar-refractivity contribution is 0.184. The Bertz CT molecular complexity index is 398. The fraction of sp³-hybridized carbons (Fsp3) is 0.769. The third kappa shape index (κ3) is 5.16. The van der Waals surface area contributed by atoms with Crippen molar-refractivity contribution < 1.29 is 4.74 Å². The van der Waals surface area contributed by atoms with Crippen LogP contribution in [0.2, 0.25) is 0 Å². The van der Waals surface area contributed by atoms with E-state index in [1.807, 2.05) is 19.0 Å². The van der Waals surface area contributed by atoms with Crippen molar-refractivity contribution in [3.05, 3.63) is 0 Å². The number of nitrogens with zero attached hydrogens (tertiary/aromatic N) is 4. The molecule has 1 aromatic heterocycles. The smallest absolute Gasteiger partial charge is 0.231 e. The highest BCUT2D eigenvalue weighted by molar-refractivity contribution is 5.43. The van der Waals surface area contributed by atoms with Crippen molar-refractivity contribution in [2.45, 2.75) is 32.7 Å². The molecule has 1 unspecified atom stereocenters. The molecule has 0 aliphatic rings. The Kier molecular flexibility index (Phi) is 7.00. The predicted octanol–water partition coefficient (Wildman–Crippen LogP) is 1.60. The second-order valence-electron chi connectivity index (χ2n) is 4.81. The van der Waals surface area contributed by atoms with Crippen LogP contribution in [0.25, 0.3) is 0 Å². The number of methoxy groups -OCH3 is 1. The second kappa shape index (κ2) is 8.52. The number of ether oxygens (including phenoxy) is 1. The molecule has 0 amide bonds. The van der Waals surface area contributed by atoms with Crippen LogP contribution in [-0.2, 0) is 4.74 Å². The molecule has 20 heavy (non-hydrogen) atoms. The Morgan fingerprint density at radius 2 is 1.85 bits per heavy atom. The minimum Gasteiger partial charge on any atom is -0.383 e. The van der Waals surface area contributed by atoms with Gasteiger partial charge in [-0.3, -0.25) is 0 Å². The first-order valence-corrected chi connectivity index (χ1v) is 7.03. The lowest BCUT2D eigenvalue weighted by Crippen LogP contribution is -2.26. The largest absolute Gasteiger partial charge is 0.383 e. The number of aromatic nitrogens is 3. The zero-order valence-corrected chi connectivity index (χ0v) is 13.1. The van der Waals surface area contributed by atoms with E-state index in [0.717, 1.165) is 19.4 Å². The molecule has 2 N–H and O–H groups in total. The number of hydrogen-bond donors (Lipinski definition) is 2. The Morgan fingerprint density at radius 1 is 1.15 bits per heavy atom. The summed E-state index contributed by atoms with van der Waals surface area (Å²) in [5.74, 6) is 1.81. The summed E-state index contributed by atoms with van der Waals surface area (Å²) in [6, 6.07) is 0.191. The predicted molar refractivity (Wildman–Crippen MR) is 82.5 cm³/mol. The van der Waals surface area contributed by atoms with E-state index in [1.54, 1.807) is 7.11 Å². The van der Waals surface area contributed by atoms with Gasteiger partial charge in [0.1, 0.15) is 0 Å². The molecule has 0 saturated carbocycles. The zero-order valence-electron chi connectivity index (χ0n) is 13.1. The number of nitrogens with one attached hydrogen (secondary N) is 2. The molecule has 1 heterocycles. The van der Waals surface area contributed by atoms with E-state index in [-0.39, 0.29) is 6.04 Å². The van der Waals surface area contributed by atoms with Gasteiger partial charge in [-0.15, -0.1) is 0 Å². The van der Waals surface area contributed by atoms with Gasteiger partial charge in [-0.1, -0.05) is 13.8 Å². The molecule has 0 radical (unpaired) electrons. The number of hydrogen-bond acceptors (Lipinski definition) is 7. The Hall–Kier alpha value is -1.63. The molecule has 0 saturated heterocycles. The maximum Gasteiger partial charge on any atom is 0.231 e. The molecule has 114 valence electrons. The summed E-state index contributed by atoms with van der Waals surface area (Å²) < 4.78 is 5.18. The molecular weight excluding hydrogens is 256 g/mol. The quantitative estimate of drug-likeness (QED) is 0.712. The van der Waals surface area contributed by atoms with Gasteiger partial charge >= 0.3 is 0 Å². The molecule has 0 fully saturated rings. The van der Waals surface area contributed by atoms with Crippen molar-refractivity contribution in [3.63, 3.8) is 0 Å². The summed E-state index contributed by atoms with van der Waals surface area (Å²) >= 11 is 0. The van der Waals surface area contributed by atoms with Crippen LogP contribution in [0.1, 0.15) is 26.7 Å². The summed E-state index contributed by atoms with van der Waals surface area (Å²) in [4.78, 5) is 15.0. The van der Waals surface area contributed by atoms with Crippen molar-refractivity contribution in [1.82, 2.24) is 15.0 Å². The molecular formula is C13H26N6O. The molecule has 7 nitrogen and oxygen atoms in total. The summed E-state index contributed by atoms with van der Waals surface area (Å²) in [5, 5.41) is 6.48. The third-order valence-electron chi connectivity index (χ3n) is 2.75. The SMILES string of the molecule is CCCNc1nc(NC(CC)COC)nc(N(C)C)n1. The van der Waals surface area contributed by atoms with Crippen LogP contribution < -0.4 is 15.5 Å². The normalized spacial score (nSPS) is 12.1. The first-order chi connectivity index (χ1) is 9.60. The first kappa shape index (κ1) is 16.4. The van der Waals surface area contributed by atoms with E-state index < -0.39 is 0 Å². The minimum absolute atomic E-state index is 0.191. The highest BCUT2D eigenvalue weighted by Crippen LogP contribution is 2.13. The van der Waals surface area contributed by atoms with E-state index in [1.165, 1.54) is 0 Å². The monoisotopic (exact) mass is 282 g/mol. The number of rotatable bonds is 9. The molecule has 0 aliphatic carbocycles. The van der Waals surface area contributed by atoms with Crippen LogP contribution in [-0.4, -0.2) is 55.4 Å². The molecule has 0 bridgehead atoms. The molecule has 1 atom stereocenters. The van der Waals surface area contributed by atoms with Crippen LogP contribution in [0.15, 0.2) is 0 Å². The lowest BCUT2D eigenvalue weighted by atomic mass is 10.2. The van der Waals surface area contributed by atoms with Crippen LogP contribution in [0.5, 0.6) is 0 Å². The molecule has 0 spiro atoms. The van der Waals surface area contributed by atoms with Crippen molar-refractivity contribution in [1.29, 1.82) is 0 Å². The Morgan fingerprint density at radius 3 is 2.40 bits per heavy atom.